The molecule has 2 aliphatic heterocycles. The van der Waals surface area contributed by atoms with Crippen LogP contribution in [0.5, 0.6) is 0 Å². The van der Waals surface area contributed by atoms with Crippen molar-refractivity contribution in [3.8, 4) is 6.07 Å². The van der Waals surface area contributed by atoms with E-state index in [1.54, 1.807) is 6.92 Å². The predicted molar refractivity (Wildman–Crippen MR) is 102 cm³/mol. The Morgan fingerprint density at radius 3 is 2.25 bits per heavy atom. The summed E-state index contributed by atoms with van der Waals surface area (Å²) in [6, 6.07) is 2.01. The number of hydroxylamine groups is 2. The van der Waals surface area contributed by atoms with Gasteiger partial charge in [0.1, 0.15) is 17.5 Å². The second kappa shape index (κ2) is 6.39. The Hall–Kier alpha value is -2.78. The fourth-order valence-corrected chi connectivity index (χ4v) is 2.90. The summed E-state index contributed by atoms with van der Waals surface area (Å²) in [7, 11) is 0. The summed E-state index contributed by atoms with van der Waals surface area (Å²) in [4.78, 5) is 1.25. The summed E-state index contributed by atoms with van der Waals surface area (Å²) in [5.41, 5.74) is 0.321. The first-order valence-corrected chi connectivity index (χ1v) is 8.80. The minimum atomic E-state index is -0.620. The minimum absolute atomic E-state index is 0.0983. The zero-order valence-corrected chi connectivity index (χ0v) is 16.9. The van der Waals surface area contributed by atoms with Gasteiger partial charge in [0.25, 0.3) is 11.6 Å². The number of allylic oxidation sites excluding steroid dienone is 1. The summed E-state index contributed by atoms with van der Waals surface area (Å²) in [6.45, 7) is 12.9. The van der Waals surface area contributed by atoms with E-state index < -0.39 is 16.0 Å². The van der Waals surface area contributed by atoms with Crippen molar-refractivity contribution in [1.29, 1.82) is 5.26 Å². The van der Waals surface area contributed by atoms with Gasteiger partial charge in [-0.05, 0) is 0 Å². The number of rotatable bonds is 2. The van der Waals surface area contributed by atoms with Gasteiger partial charge in [-0.15, -0.1) is 10.2 Å². The van der Waals surface area contributed by atoms with Gasteiger partial charge in [-0.1, -0.05) is 61.7 Å². The average molecular weight is 385 g/mol. The van der Waals surface area contributed by atoms with E-state index in [0.29, 0.717) is 17.2 Å². The minimum Gasteiger partial charge on any atom is -0.621 e. The number of nitrogens with zero attached hydrogens (tertiary/aromatic N) is 7. The van der Waals surface area contributed by atoms with Crippen molar-refractivity contribution in [3.05, 3.63) is 27.5 Å². The number of nitrogens with one attached hydrogen (secondary N) is 2. The maximum atomic E-state index is 12.5. The van der Waals surface area contributed by atoms with Crippen molar-refractivity contribution >= 4 is 23.1 Å². The van der Waals surface area contributed by atoms with Crippen LogP contribution in [0, 0.1) is 27.2 Å². The van der Waals surface area contributed by atoms with E-state index in [1.807, 2.05) is 47.6 Å². The molecule has 148 valence electrons. The molecule has 1 aromatic heterocycles. The van der Waals surface area contributed by atoms with E-state index in [9.17, 15) is 15.7 Å². The molecule has 0 amide bonds. The van der Waals surface area contributed by atoms with Gasteiger partial charge in [0.05, 0.1) is 0 Å². The number of fused-ring (bicyclic) bond motifs is 1. The topological polar surface area (TPSA) is 146 Å². The van der Waals surface area contributed by atoms with Crippen molar-refractivity contribution in [2.24, 2.45) is 25.8 Å². The highest BCUT2D eigenvalue weighted by molar-refractivity contribution is 6.07. The van der Waals surface area contributed by atoms with Gasteiger partial charge >= 0.3 is 0 Å². The lowest BCUT2D eigenvalue weighted by molar-refractivity contribution is -0.811. The van der Waals surface area contributed by atoms with Crippen LogP contribution < -0.4 is 10.2 Å². The summed E-state index contributed by atoms with van der Waals surface area (Å²) < 4.78 is 0. The van der Waals surface area contributed by atoms with E-state index >= 15 is 0 Å². The smallest absolute Gasteiger partial charge is 0.291 e. The molecule has 2 unspecified atom stereocenters. The average Bonchev–Trinajstić information content (AvgIpc) is 3.17. The van der Waals surface area contributed by atoms with E-state index in [0.717, 1.165) is 0 Å². The second-order valence-corrected chi connectivity index (χ2v) is 8.75. The number of quaternary nitrogens is 2. The molecule has 0 saturated heterocycles. The zero-order valence-electron chi connectivity index (χ0n) is 16.9. The van der Waals surface area contributed by atoms with Crippen molar-refractivity contribution < 1.29 is 10.2 Å². The highest BCUT2D eigenvalue weighted by atomic mass is 16.5. The van der Waals surface area contributed by atoms with Crippen LogP contribution in [0.3, 0.4) is 0 Å². The van der Waals surface area contributed by atoms with Crippen molar-refractivity contribution in [2.75, 3.05) is 0 Å². The second-order valence-electron chi connectivity index (χ2n) is 8.75. The summed E-state index contributed by atoms with van der Waals surface area (Å²) in [5, 5.41) is 54.1. The summed E-state index contributed by atoms with van der Waals surface area (Å²) >= 11 is 0. The number of hydrogen-bond acceptors (Lipinski definition) is 8. The zero-order chi connectivity index (χ0) is 21.0. The molecule has 0 saturated carbocycles. The Bertz CT molecular complexity index is 994. The SMILES string of the molecule is CC1=Nn2nc(C(C)(C)C)c(N=NC3=C(C#N)C(C(C)(C)C)=N[NH+]3[O-])c2[NH+]1[O-]. The van der Waals surface area contributed by atoms with Crippen LogP contribution in [0.15, 0.2) is 31.8 Å². The third-order valence-electron chi connectivity index (χ3n) is 4.30. The Balaban J connectivity index is 2.11. The number of amidine groups is 1. The van der Waals surface area contributed by atoms with E-state index in [1.165, 1.54) is 4.79 Å². The molecule has 1 aromatic rings. The molecule has 0 aliphatic carbocycles. The first kappa shape index (κ1) is 20.0. The molecule has 2 aliphatic rings. The molecule has 3 heterocycles. The Morgan fingerprint density at radius 2 is 1.71 bits per heavy atom. The predicted octanol–water partition coefficient (Wildman–Crippen LogP) is 1.01. The Labute approximate surface area is 162 Å². The fourth-order valence-electron chi connectivity index (χ4n) is 2.90. The van der Waals surface area contributed by atoms with Crippen LogP contribution in [0.1, 0.15) is 54.2 Å². The van der Waals surface area contributed by atoms with Crippen LogP contribution in [-0.2, 0) is 5.41 Å². The van der Waals surface area contributed by atoms with E-state index in [2.05, 4.69) is 25.5 Å². The standard InChI is InChI=1S/C17H23N9O2/c1-9-21-25-15(24(9)27)11(13(22-25)17(5,6)7)19-20-14-10(8-18)12(16(2,3)4)23-26(14)28/h24,26H,1-7H3. The highest BCUT2D eigenvalue weighted by Gasteiger charge is 2.38. The molecule has 0 radical (unpaired) electrons. The molecule has 11 heteroatoms. The molecule has 0 spiro atoms. The largest absolute Gasteiger partial charge is 0.621 e. The molecule has 0 fully saturated rings. The molecular formula is C17H23N9O2. The van der Waals surface area contributed by atoms with Crippen molar-refractivity contribution in [3.63, 3.8) is 0 Å². The van der Waals surface area contributed by atoms with Gasteiger partial charge in [0.2, 0.25) is 5.84 Å². The lowest BCUT2D eigenvalue weighted by atomic mass is 9.86. The van der Waals surface area contributed by atoms with Crippen LogP contribution >= 0.6 is 0 Å². The highest BCUT2D eigenvalue weighted by Crippen LogP contribution is 2.37. The van der Waals surface area contributed by atoms with Gasteiger partial charge < -0.3 is 10.4 Å². The lowest BCUT2D eigenvalue weighted by Crippen LogP contribution is -3.03. The number of aromatic nitrogens is 2. The molecule has 0 aromatic carbocycles. The summed E-state index contributed by atoms with van der Waals surface area (Å²) in [6.07, 6.45) is 0. The van der Waals surface area contributed by atoms with E-state index in [-0.39, 0.29) is 28.0 Å². The normalized spacial score (nSPS) is 22.6. The Kier molecular flexibility index (Phi) is 4.55. The first-order valence-electron chi connectivity index (χ1n) is 8.80. The number of azo groups is 1. The molecule has 3 rings (SSSR count). The molecule has 11 nitrogen and oxygen atoms in total. The third-order valence-corrected chi connectivity index (χ3v) is 4.30. The van der Waals surface area contributed by atoms with Gasteiger partial charge in [0, 0.05) is 17.8 Å². The quantitative estimate of drug-likeness (QED) is 0.577. The molecule has 2 N–H and O–H groups in total. The maximum Gasteiger partial charge on any atom is 0.291 e. The molecule has 0 bridgehead atoms. The fraction of sp³-hybridized carbons (Fsp3) is 0.529. The number of nitriles is 1. The summed E-state index contributed by atoms with van der Waals surface area (Å²) in [5.74, 6) is 0.370. The van der Waals surface area contributed by atoms with Crippen molar-refractivity contribution in [1.82, 2.24) is 9.89 Å². The van der Waals surface area contributed by atoms with Crippen LogP contribution in [0.25, 0.3) is 0 Å². The Morgan fingerprint density at radius 1 is 1.07 bits per heavy atom. The first-order chi connectivity index (χ1) is 12.9. The van der Waals surface area contributed by atoms with Gasteiger partial charge in [-0.3, -0.25) is 5.06 Å². The molecule has 2 atom stereocenters. The number of hydrogen-bond donors (Lipinski definition) is 2. The van der Waals surface area contributed by atoms with Crippen molar-refractivity contribution in [2.45, 2.75) is 53.9 Å². The molecule has 28 heavy (non-hydrogen) atoms. The van der Waals surface area contributed by atoms with Crippen LogP contribution in [0.2, 0.25) is 0 Å². The van der Waals surface area contributed by atoms with Crippen LogP contribution in [-0.4, -0.2) is 21.4 Å². The van der Waals surface area contributed by atoms with Gasteiger partial charge in [-0.25, -0.2) is 0 Å². The lowest BCUT2D eigenvalue weighted by Gasteiger charge is -2.17. The maximum absolute atomic E-state index is 12.5. The third kappa shape index (κ3) is 3.16. The van der Waals surface area contributed by atoms with Gasteiger partial charge in [0.15, 0.2) is 11.3 Å². The molecular weight excluding hydrogens is 362 g/mol. The van der Waals surface area contributed by atoms with E-state index in [4.69, 9.17) is 0 Å². The van der Waals surface area contributed by atoms with Gasteiger partial charge in [-0.2, -0.15) is 10.4 Å². The van der Waals surface area contributed by atoms with Crippen LogP contribution in [0.4, 0.5) is 11.5 Å². The monoisotopic (exact) mass is 385 g/mol.